The van der Waals surface area contributed by atoms with Gasteiger partial charge >= 0.3 is 0 Å². The average molecular weight is 549 g/mol. The summed E-state index contributed by atoms with van der Waals surface area (Å²) in [6.45, 7) is 3.13. The number of carbonyl (C=O) groups is 2. The number of allylic oxidation sites excluding steroid dienone is 2. The molecule has 0 aromatic carbocycles. The van der Waals surface area contributed by atoms with Crippen molar-refractivity contribution in [2.75, 3.05) is 26.4 Å². The highest BCUT2D eigenvalue weighted by molar-refractivity contribution is 5.88. The van der Waals surface area contributed by atoms with Crippen LogP contribution in [0.15, 0.2) is 24.3 Å². The van der Waals surface area contributed by atoms with Gasteiger partial charge in [0.25, 0.3) is 0 Å². The van der Waals surface area contributed by atoms with Crippen molar-refractivity contribution in [1.29, 1.82) is 0 Å². The molecule has 2 aliphatic heterocycles. The van der Waals surface area contributed by atoms with Gasteiger partial charge in [-0.3, -0.25) is 9.59 Å². The van der Waals surface area contributed by atoms with Crippen molar-refractivity contribution in [2.45, 2.75) is 134 Å². The maximum Gasteiger partial charge on any atom is 0.243 e. The normalized spacial score (nSPS) is 25.8. The number of rotatable bonds is 18. The lowest BCUT2D eigenvalue weighted by Crippen LogP contribution is -2.36. The standard InChI is InChI=1S/C31H52N2O6/c34-28(15-7-3-1-5-11-21-36-30-17-9-13-23-38-30)32-26-19-20-27(25-26)33-29(35)16-8-4-2-6-12-22-37-31-18-10-14-24-39-31/h7-8,15-16,26-27,30-31H,1-6,9-14,17-25H2,(H,32,34)(H,33,35)/b15-7+,16-8+/t26-,27+,30?,31?. The van der Waals surface area contributed by atoms with Gasteiger partial charge in [0.2, 0.25) is 11.8 Å². The summed E-state index contributed by atoms with van der Waals surface area (Å²) >= 11 is 0. The van der Waals surface area contributed by atoms with Crippen LogP contribution in [0.2, 0.25) is 0 Å². The van der Waals surface area contributed by atoms with Gasteiger partial charge in [0.1, 0.15) is 0 Å². The quantitative estimate of drug-likeness (QED) is 0.174. The highest BCUT2D eigenvalue weighted by Crippen LogP contribution is 2.19. The monoisotopic (exact) mass is 548 g/mol. The highest BCUT2D eigenvalue weighted by atomic mass is 16.7. The van der Waals surface area contributed by atoms with Gasteiger partial charge in [0.05, 0.1) is 0 Å². The van der Waals surface area contributed by atoms with Crippen LogP contribution in [0, 0.1) is 0 Å². The molecule has 0 spiro atoms. The first kappa shape index (κ1) is 31.8. The molecule has 0 radical (unpaired) electrons. The summed E-state index contributed by atoms with van der Waals surface area (Å²) in [5.74, 6) is -0.0809. The molecule has 0 aromatic heterocycles. The SMILES string of the molecule is O=C(/C=C/CCCCCOC1CCCCO1)N[C@@H]1CC[C@H](NC(=O)/C=C/CCCCCOC2CCCCO2)C1. The predicted octanol–water partition coefficient (Wildman–Crippen LogP) is 5.46. The Morgan fingerprint density at radius 2 is 1.13 bits per heavy atom. The molecular formula is C31H52N2O6. The van der Waals surface area contributed by atoms with Gasteiger partial charge in [-0.15, -0.1) is 0 Å². The van der Waals surface area contributed by atoms with E-state index < -0.39 is 0 Å². The molecule has 2 amide bonds. The van der Waals surface area contributed by atoms with E-state index in [-0.39, 0.29) is 36.5 Å². The number of carbonyl (C=O) groups excluding carboxylic acids is 2. The number of ether oxygens (including phenoxy) is 4. The van der Waals surface area contributed by atoms with E-state index in [1.54, 1.807) is 12.2 Å². The first-order valence-electron chi connectivity index (χ1n) is 15.6. The summed E-state index contributed by atoms with van der Waals surface area (Å²) < 4.78 is 22.6. The number of hydrogen-bond acceptors (Lipinski definition) is 6. The molecule has 39 heavy (non-hydrogen) atoms. The Kier molecular flexibility index (Phi) is 16.4. The van der Waals surface area contributed by atoms with Gasteiger partial charge in [-0.05, 0) is 108 Å². The molecule has 3 fully saturated rings. The highest BCUT2D eigenvalue weighted by Gasteiger charge is 2.26. The van der Waals surface area contributed by atoms with Crippen molar-refractivity contribution in [3.05, 3.63) is 24.3 Å². The fourth-order valence-corrected chi connectivity index (χ4v) is 5.32. The molecule has 8 nitrogen and oxygen atoms in total. The first-order chi connectivity index (χ1) is 19.2. The molecule has 1 saturated carbocycles. The molecule has 0 bridgehead atoms. The molecule has 2 heterocycles. The molecule has 4 atom stereocenters. The van der Waals surface area contributed by atoms with Crippen LogP contribution < -0.4 is 10.6 Å². The van der Waals surface area contributed by atoms with E-state index in [0.717, 1.165) is 123 Å². The zero-order valence-electron chi connectivity index (χ0n) is 23.9. The van der Waals surface area contributed by atoms with Crippen LogP contribution >= 0.6 is 0 Å². The van der Waals surface area contributed by atoms with Crippen LogP contribution in [0.5, 0.6) is 0 Å². The third kappa shape index (κ3) is 15.0. The van der Waals surface area contributed by atoms with E-state index in [1.165, 1.54) is 12.8 Å². The van der Waals surface area contributed by atoms with E-state index in [0.29, 0.717) is 0 Å². The van der Waals surface area contributed by atoms with Crippen LogP contribution in [0.3, 0.4) is 0 Å². The zero-order chi connectivity index (χ0) is 27.4. The molecule has 8 heteroatoms. The van der Waals surface area contributed by atoms with Crippen LogP contribution in [0.4, 0.5) is 0 Å². The van der Waals surface area contributed by atoms with Gasteiger partial charge in [0.15, 0.2) is 12.6 Å². The number of amides is 2. The first-order valence-corrected chi connectivity index (χ1v) is 15.6. The van der Waals surface area contributed by atoms with E-state index in [9.17, 15) is 9.59 Å². The molecule has 0 aromatic rings. The van der Waals surface area contributed by atoms with Crippen molar-refractivity contribution >= 4 is 11.8 Å². The smallest absolute Gasteiger partial charge is 0.243 e. The number of hydrogen-bond donors (Lipinski definition) is 2. The Morgan fingerprint density at radius 3 is 1.56 bits per heavy atom. The zero-order valence-corrected chi connectivity index (χ0v) is 23.9. The summed E-state index contributed by atoms with van der Waals surface area (Å²) in [5.41, 5.74) is 0. The van der Waals surface area contributed by atoms with Gasteiger partial charge in [-0.25, -0.2) is 0 Å². The minimum atomic E-state index is -0.0404. The van der Waals surface area contributed by atoms with E-state index in [4.69, 9.17) is 18.9 Å². The van der Waals surface area contributed by atoms with Crippen molar-refractivity contribution in [3.8, 4) is 0 Å². The van der Waals surface area contributed by atoms with E-state index in [2.05, 4.69) is 10.6 Å². The van der Waals surface area contributed by atoms with Crippen LogP contribution in [0.1, 0.15) is 109 Å². The van der Waals surface area contributed by atoms with Crippen molar-refractivity contribution < 1.29 is 28.5 Å². The van der Waals surface area contributed by atoms with Crippen LogP contribution in [-0.4, -0.2) is 62.9 Å². The largest absolute Gasteiger partial charge is 0.353 e. The third-order valence-corrected chi connectivity index (χ3v) is 7.58. The molecular weight excluding hydrogens is 496 g/mol. The predicted molar refractivity (Wildman–Crippen MR) is 152 cm³/mol. The fraction of sp³-hybridized carbons (Fsp3) is 0.806. The molecule has 2 N–H and O–H groups in total. The molecule has 2 unspecified atom stereocenters. The summed E-state index contributed by atoms with van der Waals surface area (Å²) in [5, 5.41) is 6.16. The van der Waals surface area contributed by atoms with Crippen molar-refractivity contribution in [2.24, 2.45) is 0 Å². The van der Waals surface area contributed by atoms with Gasteiger partial charge < -0.3 is 29.6 Å². The van der Waals surface area contributed by atoms with Crippen LogP contribution in [-0.2, 0) is 28.5 Å². The summed E-state index contributed by atoms with van der Waals surface area (Å²) in [4.78, 5) is 24.5. The molecule has 222 valence electrons. The molecule has 3 aliphatic rings. The Labute approximate surface area is 235 Å². The minimum absolute atomic E-state index is 0.00429. The summed E-state index contributed by atoms with van der Waals surface area (Å²) in [7, 11) is 0. The molecule has 3 rings (SSSR count). The third-order valence-electron chi connectivity index (χ3n) is 7.58. The van der Waals surface area contributed by atoms with Crippen LogP contribution in [0.25, 0.3) is 0 Å². The minimum Gasteiger partial charge on any atom is -0.353 e. The second-order valence-corrected chi connectivity index (χ2v) is 11.1. The Balaban J connectivity index is 1.12. The maximum atomic E-state index is 12.2. The van der Waals surface area contributed by atoms with Crippen molar-refractivity contribution in [1.82, 2.24) is 10.6 Å². The van der Waals surface area contributed by atoms with Gasteiger partial charge in [-0.1, -0.05) is 25.0 Å². The Bertz CT molecular complexity index is 671. The lowest BCUT2D eigenvalue weighted by molar-refractivity contribution is -0.163. The van der Waals surface area contributed by atoms with Crippen molar-refractivity contribution in [3.63, 3.8) is 0 Å². The summed E-state index contributed by atoms with van der Waals surface area (Å²) in [6, 6.07) is 0.244. The summed E-state index contributed by atoms with van der Waals surface area (Å²) in [6.07, 6.45) is 24.6. The average Bonchev–Trinajstić information content (AvgIpc) is 3.39. The maximum absolute atomic E-state index is 12.2. The van der Waals surface area contributed by atoms with Gasteiger partial charge in [-0.2, -0.15) is 0 Å². The Morgan fingerprint density at radius 1 is 0.641 bits per heavy atom. The lowest BCUT2D eigenvalue weighted by atomic mass is 10.2. The number of nitrogens with one attached hydrogen (secondary N) is 2. The fourth-order valence-electron chi connectivity index (χ4n) is 5.32. The number of unbranched alkanes of at least 4 members (excludes halogenated alkanes) is 6. The van der Waals surface area contributed by atoms with Gasteiger partial charge in [0, 0.05) is 38.5 Å². The Hall–Kier alpha value is -1.74. The topological polar surface area (TPSA) is 95.1 Å². The van der Waals surface area contributed by atoms with E-state index >= 15 is 0 Å². The van der Waals surface area contributed by atoms with E-state index in [1.807, 2.05) is 12.2 Å². The lowest BCUT2D eigenvalue weighted by Gasteiger charge is -2.22. The second-order valence-electron chi connectivity index (χ2n) is 11.1. The molecule has 1 aliphatic carbocycles. The molecule has 2 saturated heterocycles. The second kappa shape index (κ2) is 20.2.